The number of hydrogen-bond donors (Lipinski definition) is 0. The van der Waals surface area contributed by atoms with E-state index in [1.165, 1.54) is 17.7 Å². The zero-order valence-electron chi connectivity index (χ0n) is 12.7. The molecule has 0 atom stereocenters. The van der Waals surface area contributed by atoms with Crippen LogP contribution in [0.1, 0.15) is 59.2 Å². The SMILES string of the molecule is O=C1c2ccccc2C(=O)N1[C@H]1CC[C@H](OCC2CC2)CC1. The molecule has 0 N–H and O–H groups in total. The largest absolute Gasteiger partial charge is 0.378 e. The third-order valence-electron chi connectivity index (χ3n) is 5.10. The number of rotatable bonds is 4. The summed E-state index contributed by atoms with van der Waals surface area (Å²) in [5.74, 6) is 0.542. The maximum Gasteiger partial charge on any atom is 0.261 e. The molecule has 2 amide bonds. The first-order valence-corrected chi connectivity index (χ1v) is 8.32. The van der Waals surface area contributed by atoms with E-state index in [2.05, 4.69) is 0 Å². The van der Waals surface area contributed by atoms with E-state index in [0.717, 1.165) is 38.2 Å². The molecule has 1 aromatic carbocycles. The summed E-state index contributed by atoms with van der Waals surface area (Å²) < 4.78 is 5.94. The minimum atomic E-state index is -0.122. The van der Waals surface area contributed by atoms with Crippen LogP contribution in [0.3, 0.4) is 0 Å². The number of hydrogen-bond acceptors (Lipinski definition) is 3. The average Bonchev–Trinajstić information content (AvgIpc) is 3.34. The van der Waals surface area contributed by atoms with Crippen LogP contribution in [0.5, 0.6) is 0 Å². The fraction of sp³-hybridized carbons (Fsp3) is 0.556. The first kappa shape index (κ1) is 13.9. The Bertz CT molecular complexity index is 565. The first-order chi connectivity index (χ1) is 10.7. The molecule has 0 unspecified atom stereocenters. The highest BCUT2D eigenvalue weighted by Gasteiger charge is 2.41. The lowest BCUT2D eigenvalue weighted by molar-refractivity contribution is 0.00492. The molecule has 3 aliphatic rings. The van der Waals surface area contributed by atoms with Crippen molar-refractivity contribution in [3.8, 4) is 0 Å². The van der Waals surface area contributed by atoms with Gasteiger partial charge in [0, 0.05) is 12.6 Å². The van der Waals surface area contributed by atoms with Gasteiger partial charge in [0.25, 0.3) is 11.8 Å². The molecule has 1 aliphatic heterocycles. The van der Waals surface area contributed by atoms with Crippen LogP contribution in [0.15, 0.2) is 24.3 Å². The molecule has 2 aliphatic carbocycles. The van der Waals surface area contributed by atoms with Crippen molar-refractivity contribution in [3.05, 3.63) is 35.4 Å². The van der Waals surface area contributed by atoms with E-state index in [-0.39, 0.29) is 17.9 Å². The molecular weight excluding hydrogens is 278 g/mol. The second-order valence-electron chi connectivity index (χ2n) is 6.73. The summed E-state index contributed by atoms with van der Waals surface area (Å²) >= 11 is 0. The third kappa shape index (κ3) is 2.45. The molecule has 2 fully saturated rings. The summed E-state index contributed by atoms with van der Waals surface area (Å²) in [4.78, 5) is 26.5. The second-order valence-corrected chi connectivity index (χ2v) is 6.73. The fourth-order valence-corrected chi connectivity index (χ4v) is 3.57. The van der Waals surface area contributed by atoms with Crippen LogP contribution in [0.2, 0.25) is 0 Å². The van der Waals surface area contributed by atoms with Crippen LogP contribution in [0.25, 0.3) is 0 Å². The molecule has 22 heavy (non-hydrogen) atoms. The van der Waals surface area contributed by atoms with Crippen molar-refractivity contribution in [2.45, 2.75) is 50.7 Å². The number of ether oxygens (including phenoxy) is 1. The van der Waals surface area contributed by atoms with E-state index in [1.807, 2.05) is 12.1 Å². The molecule has 0 bridgehead atoms. The standard InChI is InChI=1S/C18H21NO3/c20-17-15-3-1-2-4-16(15)18(21)19(17)13-7-9-14(10-8-13)22-11-12-5-6-12/h1-4,12-14H,5-11H2/t13-,14-. The lowest BCUT2D eigenvalue weighted by Crippen LogP contribution is -2.43. The van der Waals surface area contributed by atoms with Crippen molar-refractivity contribution < 1.29 is 14.3 Å². The minimum absolute atomic E-state index is 0.0353. The van der Waals surface area contributed by atoms with Crippen molar-refractivity contribution >= 4 is 11.8 Å². The van der Waals surface area contributed by atoms with E-state index < -0.39 is 0 Å². The topological polar surface area (TPSA) is 46.6 Å². The summed E-state index contributed by atoms with van der Waals surface area (Å²) in [6.45, 7) is 0.891. The molecule has 0 radical (unpaired) electrons. The number of carbonyl (C=O) groups excluding carboxylic acids is 2. The van der Waals surface area contributed by atoms with E-state index in [1.54, 1.807) is 12.1 Å². The normalized spacial score (nSPS) is 28.1. The van der Waals surface area contributed by atoms with Gasteiger partial charge in [0.2, 0.25) is 0 Å². The van der Waals surface area contributed by atoms with Gasteiger partial charge in [0.15, 0.2) is 0 Å². The molecule has 116 valence electrons. The summed E-state index contributed by atoms with van der Waals surface area (Å²) in [7, 11) is 0. The minimum Gasteiger partial charge on any atom is -0.378 e. The highest BCUT2D eigenvalue weighted by Crippen LogP contribution is 2.34. The number of fused-ring (bicyclic) bond motifs is 1. The lowest BCUT2D eigenvalue weighted by Gasteiger charge is -2.33. The van der Waals surface area contributed by atoms with Gasteiger partial charge >= 0.3 is 0 Å². The Hall–Kier alpha value is -1.68. The highest BCUT2D eigenvalue weighted by molar-refractivity contribution is 6.21. The van der Waals surface area contributed by atoms with E-state index in [4.69, 9.17) is 4.74 Å². The molecule has 4 nitrogen and oxygen atoms in total. The van der Waals surface area contributed by atoms with Gasteiger partial charge in [-0.05, 0) is 56.6 Å². The summed E-state index contributed by atoms with van der Waals surface area (Å²) in [5.41, 5.74) is 1.11. The van der Waals surface area contributed by atoms with Crippen LogP contribution in [0, 0.1) is 5.92 Å². The number of nitrogens with zero attached hydrogens (tertiary/aromatic N) is 1. The predicted octanol–water partition coefficient (Wildman–Crippen LogP) is 3.02. The smallest absolute Gasteiger partial charge is 0.261 e. The quantitative estimate of drug-likeness (QED) is 0.803. The Kier molecular flexibility index (Phi) is 3.49. The Balaban J connectivity index is 1.39. The van der Waals surface area contributed by atoms with Crippen molar-refractivity contribution in [2.75, 3.05) is 6.61 Å². The van der Waals surface area contributed by atoms with Crippen LogP contribution in [0.4, 0.5) is 0 Å². The monoisotopic (exact) mass is 299 g/mol. The Morgan fingerprint density at radius 1 is 0.909 bits per heavy atom. The molecule has 0 spiro atoms. The van der Waals surface area contributed by atoms with Crippen LogP contribution in [-0.2, 0) is 4.74 Å². The van der Waals surface area contributed by atoms with E-state index in [9.17, 15) is 9.59 Å². The van der Waals surface area contributed by atoms with Gasteiger partial charge in [-0.25, -0.2) is 0 Å². The molecule has 1 aromatic rings. The van der Waals surface area contributed by atoms with E-state index in [0.29, 0.717) is 17.2 Å². The van der Waals surface area contributed by atoms with E-state index >= 15 is 0 Å². The van der Waals surface area contributed by atoms with Crippen LogP contribution in [-0.4, -0.2) is 35.5 Å². The predicted molar refractivity (Wildman–Crippen MR) is 81.7 cm³/mol. The van der Waals surface area contributed by atoms with Crippen molar-refractivity contribution in [3.63, 3.8) is 0 Å². The molecule has 4 heteroatoms. The Labute approximate surface area is 130 Å². The summed E-state index contributed by atoms with van der Waals surface area (Å²) in [6.07, 6.45) is 6.55. The molecule has 0 saturated heterocycles. The number of imide groups is 1. The van der Waals surface area contributed by atoms with Crippen molar-refractivity contribution in [1.82, 2.24) is 4.90 Å². The Morgan fingerprint density at radius 3 is 2.05 bits per heavy atom. The number of benzene rings is 1. The molecule has 0 aromatic heterocycles. The van der Waals surface area contributed by atoms with Gasteiger partial charge in [-0.1, -0.05) is 12.1 Å². The summed E-state index contributed by atoms with van der Waals surface area (Å²) in [5, 5.41) is 0. The van der Waals surface area contributed by atoms with Gasteiger partial charge in [-0.3, -0.25) is 14.5 Å². The van der Waals surface area contributed by atoms with Gasteiger partial charge in [0.05, 0.1) is 17.2 Å². The average molecular weight is 299 g/mol. The van der Waals surface area contributed by atoms with Gasteiger partial charge in [-0.15, -0.1) is 0 Å². The highest BCUT2D eigenvalue weighted by atomic mass is 16.5. The zero-order chi connectivity index (χ0) is 15.1. The van der Waals surface area contributed by atoms with Crippen molar-refractivity contribution in [1.29, 1.82) is 0 Å². The van der Waals surface area contributed by atoms with Gasteiger partial charge in [-0.2, -0.15) is 0 Å². The second kappa shape index (κ2) is 5.51. The molecule has 2 saturated carbocycles. The first-order valence-electron chi connectivity index (χ1n) is 8.32. The molecular formula is C18H21NO3. The maximum atomic E-state index is 12.5. The molecule has 1 heterocycles. The van der Waals surface area contributed by atoms with Crippen molar-refractivity contribution in [2.24, 2.45) is 5.92 Å². The third-order valence-corrected chi connectivity index (χ3v) is 5.10. The number of amides is 2. The van der Waals surface area contributed by atoms with Crippen LogP contribution < -0.4 is 0 Å². The molecule has 4 rings (SSSR count). The van der Waals surface area contributed by atoms with Gasteiger partial charge in [0.1, 0.15) is 0 Å². The number of carbonyl (C=O) groups is 2. The van der Waals surface area contributed by atoms with Crippen LogP contribution >= 0.6 is 0 Å². The lowest BCUT2D eigenvalue weighted by atomic mass is 9.92. The summed E-state index contributed by atoms with van der Waals surface area (Å²) in [6, 6.07) is 7.17. The fourth-order valence-electron chi connectivity index (χ4n) is 3.57. The Morgan fingerprint density at radius 2 is 1.50 bits per heavy atom. The zero-order valence-corrected chi connectivity index (χ0v) is 12.7. The maximum absolute atomic E-state index is 12.5. The van der Waals surface area contributed by atoms with Gasteiger partial charge < -0.3 is 4.74 Å².